The highest BCUT2D eigenvalue weighted by molar-refractivity contribution is 6.32. The molecule has 0 spiro atoms. The number of rotatable bonds is 14. The van der Waals surface area contributed by atoms with Crippen molar-refractivity contribution in [1.82, 2.24) is 10.2 Å². The molecule has 1 heterocycles. The molecule has 1 aliphatic heterocycles. The van der Waals surface area contributed by atoms with Gasteiger partial charge in [-0.15, -0.1) is 0 Å². The number of carbonyl (C=O) groups excluding carboxylic acids is 1. The standard InChI is InChI=1S/C41H53ClN2O4/c1-6-46-38-24-39(35(42)23-29(38)26-43-25-28-14-15-30(45)22-28)48-37-17-16-33-32(11-7-12-34(33)37)31-10-8-13-36(27(31)2)47-21-9-19-44-20-18-40(44)41(3,4)5/h7-8,10-13,23-24,28,37,40,43H,6,9,14-22,25-26H2,1-5H3/t28-,37+,40?/m1/s1. The Morgan fingerprint density at radius 1 is 0.958 bits per heavy atom. The number of nitrogens with one attached hydrogen (secondary N) is 1. The van der Waals surface area contributed by atoms with Crippen molar-refractivity contribution in [1.29, 1.82) is 0 Å². The van der Waals surface area contributed by atoms with E-state index in [0.717, 1.165) is 62.4 Å². The SMILES string of the molecule is CCOc1cc(O[C@H]2CCc3c(-c4cccc(OCCCN5CCC5C(C)(C)C)c4C)cccc32)c(Cl)cc1CNC[C@@H]1CCC(=O)C1. The molecule has 48 heavy (non-hydrogen) atoms. The number of nitrogens with zero attached hydrogens (tertiary/aromatic N) is 1. The van der Waals surface area contributed by atoms with E-state index in [1.165, 1.54) is 40.8 Å². The second kappa shape index (κ2) is 15.2. The van der Waals surface area contributed by atoms with Crippen LogP contribution in [0.25, 0.3) is 11.1 Å². The van der Waals surface area contributed by atoms with Gasteiger partial charge < -0.3 is 19.5 Å². The van der Waals surface area contributed by atoms with Gasteiger partial charge in [-0.2, -0.15) is 0 Å². The van der Waals surface area contributed by atoms with E-state index in [9.17, 15) is 4.79 Å². The minimum atomic E-state index is -0.0889. The van der Waals surface area contributed by atoms with Crippen LogP contribution < -0.4 is 19.5 Å². The van der Waals surface area contributed by atoms with Gasteiger partial charge >= 0.3 is 0 Å². The molecule has 1 saturated carbocycles. The van der Waals surface area contributed by atoms with Crippen LogP contribution in [0.4, 0.5) is 0 Å². The number of fused-ring (bicyclic) bond motifs is 1. The Morgan fingerprint density at radius 3 is 2.50 bits per heavy atom. The minimum absolute atomic E-state index is 0.0889. The summed E-state index contributed by atoms with van der Waals surface area (Å²) in [6, 6.07) is 17.6. The normalized spacial score (nSPS) is 20.9. The molecule has 3 aromatic carbocycles. The molecule has 3 aliphatic rings. The van der Waals surface area contributed by atoms with E-state index < -0.39 is 0 Å². The maximum Gasteiger partial charge on any atom is 0.142 e. The van der Waals surface area contributed by atoms with Gasteiger partial charge in [0.1, 0.15) is 29.1 Å². The fraction of sp³-hybridized carbons (Fsp3) is 0.537. The minimum Gasteiger partial charge on any atom is -0.493 e. The monoisotopic (exact) mass is 672 g/mol. The zero-order chi connectivity index (χ0) is 33.8. The van der Waals surface area contributed by atoms with Gasteiger partial charge in [0.25, 0.3) is 0 Å². The predicted molar refractivity (Wildman–Crippen MR) is 195 cm³/mol. The topological polar surface area (TPSA) is 60.0 Å². The van der Waals surface area contributed by atoms with Crippen LogP contribution in [-0.4, -0.2) is 49.6 Å². The van der Waals surface area contributed by atoms with Crippen LogP contribution in [0.5, 0.6) is 17.2 Å². The van der Waals surface area contributed by atoms with Gasteiger partial charge in [0.15, 0.2) is 0 Å². The van der Waals surface area contributed by atoms with Gasteiger partial charge in [-0.05, 0) is 110 Å². The third-order valence-corrected chi connectivity index (χ3v) is 10.8. The van der Waals surface area contributed by atoms with Crippen molar-refractivity contribution in [3.8, 4) is 28.4 Å². The Hall–Kier alpha value is -3.06. The first-order valence-electron chi connectivity index (χ1n) is 18.0. The smallest absolute Gasteiger partial charge is 0.142 e. The van der Waals surface area contributed by atoms with Gasteiger partial charge in [-0.1, -0.05) is 62.7 Å². The number of Topliss-reactive ketones (excluding diaryl/α,β-unsaturated/α-hetero) is 1. The summed E-state index contributed by atoms with van der Waals surface area (Å²) in [6.45, 7) is 16.2. The average molecular weight is 673 g/mol. The van der Waals surface area contributed by atoms with Crippen molar-refractivity contribution in [3.63, 3.8) is 0 Å². The molecule has 6 rings (SSSR count). The third-order valence-electron chi connectivity index (χ3n) is 10.5. The van der Waals surface area contributed by atoms with E-state index in [0.29, 0.717) is 59.9 Å². The highest BCUT2D eigenvalue weighted by Gasteiger charge is 2.36. The van der Waals surface area contributed by atoms with Crippen LogP contribution in [0.2, 0.25) is 5.02 Å². The van der Waals surface area contributed by atoms with Gasteiger partial charge in [0, 0.05) is 43.6 Å². The van der Waals surface area contributed by atoms with Crippen molar-refractivity contribution in [2.75, 3.05) is 32.8 Å². The Labute approximate surface area is 292 Å². The molecule has 3 atom stereocenters. The molecule has 7 heteroatoms. The molecule has 258 valence electrons. The third kappa shape index (κ3) is 7.87. The van der Waals surface area contributed by atoms with E-state index in [4.69, 9.17) is 25.8 Å². The van der Waals surface area contributed by atoms with Gasteiger partial charge in [0.2, 0.25) is 0 Å². The number of benzene rings is 3. The highest BCUT2D eigenvalue weighted by Crippen LogP contribution is 2.44. The summed E-state index contributed by atoms with van der Waals surface area (Å²) < 4.78 is 19.1. The fourth-order valence-corrected chi connectivity index (χ4v) is 8.15. The molecule has 0 bridgehead atoms. The first-order valence-corrected chi connectivity index (χ1v) is 18.4. The molecule has 3 aromatic rings. The molecule has 0 radical (unpaired) electrons. The van der Waals surface area contributed by atoms with Crippen molar-refractivity contribution < 1.29 is 19.0 Å². The number of halogens is 1. The summed E-state index contributed by atoms with van der Waals surface area (Å²) in [7, 11) is 0. The van der Waals surface area contributed by atoms with Crippen molar-refractivity contribution in [2.24, 2.45) is 11.3 Å². The Bertz CT molecular complexity index is 1600. The van der Waals surface area contributed by atoms with E-state index in [1.807, 2.05) is 19.1 Å². The first kappa shape index (κ1) is 34.8. The number of likely N-dealkylation sites (tertiary alicyclic amines) is 1. The van der Waals surface area contributed by atoms with E-state index in [-0.39, 0.29) is 6.10 Å². The zero-order valence-electron chi connectivity index (χ0n) is 29.5. The van der Waals surface area contributed by atoms with Crippen LogP contribution in [0.15, 0.2) is 48.5 Å². The molecule has 0 amide bonds. The fourth-order valence-electron chi connectivity index (χ4n) is 7.92. The number of hydrogen-bond donors (Lipinski definition) is 1. The largest absolute Gasteiger partial charge is 0.493 e. The number of hydrogen-bond acceptors (Lipinski definition) is 6. The molecular formula is C41H53ClN2O4. The summed E-state index contributed by atoms with van der Waals surface area (Å²) in [5, 5.41) is 4.10. The lowest BCUT2D eigenvalue weighted by Crippen LogP contribution is -2.54. The lowest BCUT2D eigenvalue weighted by Gasteiger charge is -2.48. The molecule has 2 fully saturated rings. The molecule has 1 saturated heterocycles. The quantitative estimate of drug-likeness (QED) is 0.172. The Balaban J connectivity index is 1.11. The summed E-state index contributed by atoms with van der Waals surface area (Å²) >= 11 is 6.84. The maximum absolute atomic E-state index is 11.7. The lowest BCUT2D eigenvalue weighted by molar-refractivity contribution is -0.117. The molecule has 0 aromatic heterocycles. The molecular weight excluding hydrogens is 620 g/mol. The zero-order valence-corrected chi connectivity index (χ0v) is 30.3. The van der Waals surface area contributed by atoms with Crippen molar-refractivity contribution >= 4 is 17.4 Å². The van der Waals surface area contributed by atoms with E-state index >= 15 is 0 Å². The summed E-state index contributed by atoms with van der Waals surface area (Å²) in [4.78, 5) is 14.3. The van der Waals surface area contributed by atoms with Gasteiger partial charge in [-0.25, -0.2) is 0 Å². The van der Waals surface area contributed by atoms with E-state index in [1.54, 1.807) is 0 Å². The molecule has 6 nitrogen and oxygen atoms in total. The Kier molecular flexibility index (Phi) is 11.0. The van der Waals surface area contributed by atoms with Crippen LogP contribution in [0, 0.1) is 18.3 Å². The second-order valence-electron chi connectivity index (χ2n) is 15.0. The summed E-state index contributed by atoms with van der Waals surface area (Å²) in [6.07, 6.45) is 6.43. The maximum atomic E-state index is 11.7. The number of carbonyl (C=O) groups is 1. The van der Waals surface area contributed by atoms with Crippen LogP contribution in [0.1, 0.15) is 94.6 Å². The van der Waals surface area contributed by atoms with Crippen LogP contribution in [-0.2, 0) is 17.8 Å². The van der Waals surface area contributed by atoms with Crippen LogP contribution >= 0.6 is 11.6 Å². The first-order chi connectivity index (χ1) is 23.1. The molecule has 1 unspecified atom stereocenters. The highest BCUT2D eigenvalue weighted by atomic mass is 35.5. The lowest BCUT2D eigenvalue weighted by atomic mass is 9.79. The molecule has 2 aliphatic carbocycles. The van der Waals surface area contributed by atoms with Gasteiger partial charge in [0.05, 0.1) is 18.2 Å². The van der Waals surface area contributed by atoms with Crippen LogP contribution in [0.3, 0.4) is 0 Å². The summed E-state index contributed by atoms with van der Waals surface area (Å²) in [5.41, 5.74) is 7.54. The second-order valence-corrected chi connectivity index (χ2v) is 15.4. The average Bonchev–Trinajstić information content (AvgIpc) is 3.64. The predicted octanol–water partition coefficient (Wildman–Crippen LogP) is 9.13. The van der Waals surface area contributed by atoms with Gasteiger partial charge in [-0.3, -0.25) is 9.69 Å². The number of ketones is 1. The Morgan fingerprint density at radius 2 is 1.77 bits per heavy atom. The van der Waals surface area contributed by atoms with Crippen molar-refractivity contribution in [2.45, 2.75) is 98.3 Å². The van der Waals surface area contributed by atoms with E-state index in [2.05, 4.69) is 74.3 Å². The molecule has 1 N–H and O–H groups in total. The summed E-state index contributed by atoms with van der Waals surface area (Å²) in [5.74, 6) is 3.18. The van der Waals surface area contributed by atoms with Crippen molar-refractivity contribution in [3.05, 3.63) is 75.8 Å². The number of ether oxygens (including phenoxy) is 3.